The summed E-state index contributed by atoms with van der Waals surface area (Å²) in [5.74, 6) is 1.43. The predicted molar refractivity (Wildman–Crippen MR) is 55.5 cm³/mol. The molecule has 72 valence electrons. The SMILES string of the molecule is Cc1cnc(Oc2cccc(Br)c2)o1. The van der Waals surface area contributed by atoms with Gasteiger partial charge in [-0.05, 0) is 25.1 Å². The Morgan fingerprint density at radius 1 is 1.43 bits per heavy atom. The molecule has 0 saturated carbocycles. The third-order valence-electron chi connectivity index (χ3n) is 1.60. The molecule has 0 spiro atoms. The topological polar surface area (TPSA) is 35.3 Å². The van der Waals surface area contributed by atoms with Crippen molar-refractivity contribution in [3.63, 3.8) is 0 Å². The van der Waals surface area contributed by atoms with Crippen LogP contribution in [0.25, 0.3) is 0 Å². The van der Waals surface area contributed by atoms with E-state index in [2.05, 4.69) is 20.9 Å². The van der Waals surface area contributed by atoms with E-state index < -0.39 is 0 Å². The number of aromatic nitrogens is 1. The molecule has 0 amide bonds. The van der Waals surface area contributed by atoms with Crippen molar-refractivity contribution in [3.8, 4) is 11.8 Å². The molecule has 1 aromatic carbocycles. The highest BCUT2D eigenvalue weighted by molar-refractivity contribution is 9.10. The lowest BCUT2D eigenvalue weighted by Crippen LogP contribution is -1.82. The van der Waals surface area contributed by atoms with Crippen LogP contribution >= 0.6 is 15.9 Å². The van der Waals surface area contributed by atoms with Crippen molar-refractivity contribution < 1.29 is 9.15 Å². The molecule has 0 saturated heterocycles. The van der Waals surface area contributed by atoms with E-state index in [1.807, 2.05) is 31.2 Å². The fourth-order valence-electron chi connectivity index (χ4n) is 1.01. The van der Waals surface area contributed by atoms with Gasteiger partial charge in [0, 0.05) is 4.47 Å². The van der Waals surface area contributed by atoms with Gasteiger partial charge in [-0.2, -0.15) is 4.98 Å². The maximum absolute atomic E-state index is 5.37. The second-order valence-electron chi connectivity index (χ2n) is 2.80. The smallest absolute Gasteiger partial charge is 0.399 e. The molecular formula is C10H8BrNO2. The Kier molecular flexibility index (Phi) is 2.54. The molecule has 0 aliphatic carbocycles. The molecule has 4 heteroatoms. The lowest BCUT2D eigenvalue weighted by atomic mass is 10.3. The van der Waals surface area contributed by atoms with Crippen LogP contribution in [0.2, 0.25) is 0 Å². The number of oxazole rings is 1. The summed E-state index contributed by atoms with van der Waals surface area (Å²) >= 11 is 3.35. The van der Waals surface area contributed by atoms with Gasteiger partial charge in [0.2, 0.25) is 0 Å². The fraction of sp³-hybridized carbons (Fsp3) is 0.100. The highest BCUT2D eigenvalue weighted by atomic mass is 79.9. The third kappa shape index (κ3) is 2.14. The summed E-state index contributed by atoms with van der Waals surface area (Å²) in [4.78, 5) is 3.94. The Morgan fingerprint density at radius 2 is 2.29 bits per heavy atom. The average molecular weight is 254 g/mol. The highest BCUT2D eigenvalue weighted by Crippen LogP contribution is 2.23. The summed E-state index contributed by atoms with van der Waals surface area (Å²) in [5.41, 5.74) is 0. The highest BCUT2D eigenvalue weighted by Gasteiger charge is 2.03. The van der Waals surface area contributed by atoms with Gasteiger partial charge in [0.15, 0.2) is 0 Å². The number of hydrogen-bond acceptors (Lipinski definition) is 3. The number of halogens is 1. The van der Waals surface area contributed by atoms with Gasteiger partial charge in [-0.1, -0.05) is 22.0 Å². The van der Waals surface area contributed by atoms with Crippen LogP contribution in [0, 0.1) is 6.92 Å². The molecule has 0 radical (unpaired) electrons. The van der Waals surface area contributed by atoms with Gasteiger partial charge in [0.05, 0.1) is 6.20 Å². The fourth-order valence-corrected chi connectivity index (χ4v) is 1.39. The van der Waals surface area contributed by atoms with Crippen molar-refractivity contribution in [1.82, 2.24) is 4.98 Å². The zero-order chi connectivity index (χ0) is 9.97. The van der Waals surface area contributed by atoms with E-state index >= 15 is 0 Å². The molecule has 0 aliphatic rings. The first-order valence-corrected chi connectivity index (χ1v) is 4.89. The Labute approximate surface area is 89.8 Å². The van der Waals surface area contributed by atoms with Crippen LogP contribution in [0.4, 0.5) is 0 Å². The number of ether oxygens (including phenoxy) is 1. The Hall–Kier alpha value is -1.29. The van der Waals surface area contributed by atoms with Crippen molar-refractivity contribution in [2.45, 2.75) is 6.92 Å². The summed E-state index contributed by atoms with van der Waals surface area (Å²) < 4.78 is 11.5. The van der Waals surface area contributed by atoms with Crippen LogP contribution in [0.1, 0.15) is 5.76 Å². The van der Waals surface area contributed by atoms with Gasteiger partial charge < -0.3 is 9.15 Å². The Bertz CT molecular complexity index is 439. The standard InChI is InChI=1S/C10H8BrNO2/c1-7-6-12-10(13-7)14-9-4-2-3-8(11)5-9/h2-6H,1H3. The maximum Gasteiger partial charge on any atom is 0.399 e. The summed E-state index contributed by atoms with van der Waals surface area (Å²) in [6.45, 7) is 1.82. The van der Waals surface area contributed by atoms with Gasteiger partial charge >= 0.3 is 6.08 Å². The molecule has 1 heterocycles. The molecule has 0 unspecified atom stereocenters. The Balaban J connectivity index is 2.18. The molecule has 3 nitrogen and oxygen atoms in total. The van der Waals surface area contributed by atoms with Crippen LogP contribution in [0.3, 0.4) is 0 Å². The molecule has 0 fully saturated rings. The van der Waals surface area contributed by atoms with E-state index in [1.165, 1.54) is 0 Å². The van der Waals surface area contributed by atoms with Crippen LogP contribution in [0.15, 0.2) is 39.4 Å². The molecule has 1 aromatic heterocycles. The number of aryl methyl sites for hydroxylation is 1. The van der Waals surface area contributed by atoms with E-state index in [0.29, 0.717) is 5.75 Å². The van der Waals surface area contributed by atoms with Crippen LogP contribution < -0.4 is 4.74 Å². The van der Waals surface area contributed by atoms with E-state index in [4.69, 9.17) is 9.15 Å². The molecule has 0 atom stereocenters. The molecular weight excluding hydrogens is 246 g/mol. The molecule has 0 bridgehead atoms. The van der Waals surface area contributed by atoms with Crippen LogP contribution in [0.5, 0.6) is 11.8 Å². The minimum atomic E-state index is 0.264. The summed E-state index contributed by atoms with van der Waals surface area (Å²) in [7, 11) is 0. The second kappa shape index (κ2) is 3.84. The minimum absolute atomic E-state index is 0.264. The maximum atomic E-state index is 5.37. The molecule has 2 aromatic rings. The molecule has 0 aliphatic heterocycles. The first-order chi connectivity index (χ1) is 6.74. The first kappa shape index (κ1) is 9.27. The molecule has 14 heavy (non-hydrogen) atoms. The number of rotatable bonds is 2. The van der Waals surface area contributed by atoms with Crippen molar-refractivity contribution in [3.05, 3.63) is 40.7 Å². The third-order valence-corrected chi connectivity index (χ3v) is 2.09. The van der Waals surface area contributed by atoms with Crippen molar-refractivity contribution in [2.24, 2.45) is 0 Å². The number of benzene rings is 1. The molecule has 2 rings (SSSR count). The van der Waals surface area contributed by atoms with Crippen LogP contribution in [-0.4, -0.2) is 4.98 Å². The summed E-state index contributed by atoms with van der Waals surface area (Å²) in [6.07, 6.45) is 1.88. The van der Waals surface area contributed by atoms with Gasteiger partial charge in [-0.3, -0.25) is 0 Å². The van der Waals surface area contributed by atoms with Crippen LogP contribution in [-0.2, 0) is 0 Å². The Morgan fingerprint density at radius 3 is 2.93 bits per heavy atom. The quantitative estimate of drug-likeness (QED) is 0.822. The van der Waals surface area contributed by atoms with Gasteiger partial charge in [-0.25, -0.2) is 0 Å². The summed E-state index contributed by atoms with van der Waals surface area (Å²) in [6, 6.07) is 7.49. The minimum Gasteiger partial charge on any atom is -0.414 e. The zero-order valence-corrected chi connectivity index (χ0v) is 9.11. The number of hydrogen-bond donors (Lipinski definition) is 0. The lowest BCUT2D eigenvalue weighted by Gasteiger charge is -1.99. The largest absolute Gasteiger partial charge is 0.414 e. The monoisotopic (exact) mass is 253 g/mol. The van der Waals surface area contributed by atoms with E-state index in [9.17, 15) is 0 Å². The van der Waals surface area contributed by atoms with E-state index in [0.717, 1.165) is 10.2 Å². The van der Waals surface area contributed by atoms with Crippen molar-refractivity contribution in [1.29, 1.82) is 0 Å². The predicted octanol–water partition coefficient (Wildman–Crippen LogP) is 3.54. The second-order valence-corrected chi connectivity index (χ2v) is 3.71. The number of nitrogens with zero attached hydrogens (tertiary/aromatic N) is 1. The van der Waals surface area contributed by atoms with E-state index in [-0.39, 0.29) is 6.08 Å². The van der Waals surface area contributed by atoms with E-state index in [1.54, 1.807) is 6.20 Å². The van der Waals surface area contributed by atoms with Gasteiger partial charge in [0.25, 0.3) is 0 Å². The normalized spacial score (nSPS) is 10.1. The summed E-state index contributed by atoms with van der Waals surface area (Å²) in [5, 5.41) is 0. The van der Waals surface area contributed by atoms with Gasteiger partial charge in [0.1, 0.15) is 11.5 Å². The molecule has 0 N–H and O–H groups in total. The van der Waals surface area contributed by atoms with Gasteiger partial charge in [-0.15, -0.1) is 0 Å². The lowest BCUT2D eigenvalue weighted by molar-refractivity contribution is 0.323. The zero-order valence-electron chi connectivity index (χ0n) is 7.53. The van der Waals surface area contributed by atoms with Crippen molar-refractivity contribution >= 4 is 15.9 Å². The first-order valence-electron chi connectivity index (χ1n) is 4.10. The average Bonchev–Trinajstić information content (AvgIpc) is 2.51. The van der Waals surface area contributed by atoms with Crippen molar-refractivity contribution in [2.75, 3.05) is 0 Å².